The van der Waals surface area contributed by atoms with E-state index in [4.69, 9.17) is 10.8 Å². The van der Waals surface area contributed by atoms with Crippen molar-refractivity contribution < 1.29 is 34.8 Å². The number of carbonyl (C=O) groups is 3. The number of benzene rings is 1. The summed E-state index contributed by atoms with van der Waals surface area (Å²) in [6.07, 6.45) is -2.56. The third-order valence-corrected chi connectivity index (χ3v) is 3.88. The molecule has 1 aromatic carbocycles. The monoisotopic (exact) mass is 383 g/mol. The van der Waals surface area contributed by atoms with Crippen LogP contribution in [0.2, 0.25) is 0 Å². The van der Waals surface area contributed by atoms with Crippen molar-refractivity contribution in [1.82, 2.24) is 10.6 Å². The van der Waals surface area contributed by atoms with Gasteiger partial charge in [-0.1, -0.05) is 12.1 Å². The van der Waals surface area contributed by atoms with Crippen molar-refractivity contribution in [3.05, 3.63) is 29.8 Å². The number of carboxylic acids is 1. The molecule has 0 aliphatic rings. The van der Waals surface area contributed by atoms with Gasteiger partial charge in [0.1, 0.15) is 17.8 Å². The van der Waals surface area contributed by atoms with Crippen molar-refractivity contribution in [1.29, 1.82) is 0 Å². The lowest BCUT2D eigenvalue weighted by molar-refractivity contribution is -0.145. The van der Waals surface area contributed by atoms with Crippen molar-refractivity contribution in [3.8, 4) is 5.75 Å². The van der Waals surface area contributed by atoms with Crippen molar-refractivity contribution >= 4 is 17.8 Å². The Morgan fingerprint density at radius 3 is 2.00 bits per heavy atom. The molecule has 10 heteroatoms. The Balaban J connectivity index is 3.00. The number of aliphatic hydroxyl groups is 2. The molecular formula is C17H25N3O7. The van der Waals surface area contributed by atoms with Gasteiger partial charge in [-0.3, -0.25) is 9.59 Å². The smallest absolute Gasteiger partial charge is 0.328 e. The van der Waals surface area contributed by atoms with Crippen LogP contribution in [0.1, 0.15) is 19.4 Å². The SMILES string of the molecule is CC(O)C(N)C(=O)NC(Cc1ccc(O)cc1)C(=O)NC(C(=O)O)C(C)O. The van der Waals surface area contributed by atoms with Gasteiger partial charge in [0.25, 0.3) is 0 Å². The first-order chi connectivity index (χ1) is 12.5. The Hall–Kier alpha value is -2.69. The third-order valence-electron chi connectivity index (χ3n) is 3.88. The summed E-state index contributed by atoms with van der Waals surface area (Å²) in [7, 11) is 0. The number of hydrogen-bond acceptors (Lipinski definition) is 7. The second-order valence-electron chi connectivity index (χ2n) is 6.26. The van der Waals surface area contributed by atoms with Crippen molar-refractivity contribution in [2.45, 2.75) is 50.6 Å². The standard InChI is InChI=1S/C17H25N3O7/c1-8(21)13(18)16(25)19-12(7-10-3-5-11(23)6-4-10)15(24)20-14(9(2)22)17(26)27/h3-6,8-9,12-14,21-23H,7,18H2,1-2H3,(H,19,25)(H,20,24)(H,26,27). The molecule has 150 valence electrons. The summed E-state index contributed by atoms with van der Waals surface area (Å²) < 4.78 is 0. The summed E-state index contributed by atoms with van der Waals surface area (Å²) in [6.45, 7) is 2.52. The molecule has 0 fully saturated rings. The van der Waals surface area contributed by atoms with Gasteiger partial charge >= 0.3 is 5.97 Å². The molecule has 27 heavy (non-hydrogen) atoms. The van der Waals surface area contributed by atoms with Gasteiger partial charge in [0.2, 0.25) is 11.8 Å². The molecule has 1 rings (SSSR count). The highest BCUT2D eigenvalue weighted by atomic mass is 16.4. The van der Waals surface area contributed by atoms with Gasteiger partial charge in [-0.2, -0.15) is 0 Å². The van der Waals surface area contributed by atoms with Gasteiger partial charge in [0.05, 0.1) is 12.2 Å². The van der Waals surface area contributed by atoms with Crippen LogP contribution in [-0.4, -0.2) is 68.5 Å². The molecular weight excluding hydrogens is 358 g/mol. The zero-order valence-corrected chi connectivity index (χ0v) is 15.0. The second-order valence-corrected chi connectivity index (χ2v) is 6.26. The normalized spacial score (nSPS) is 16.5. The molecule has 0 aliphatic carbocycles. The average molecular weight is 383 g/mol. The molecule has 0 saturated carbocycles. The number of carboxylic acid groups (broad SMARTS) is 1. The van der Waals surface area contributed by atoms with Gasteiger partial charge in [0, 0.05) is 6.42 Å². The maximum absolute atomic E-state index is 12.5. The van der Waals surface area contributed by atoms with Crippen LogP contribution in [0.5, 0.6) is 5.75 Å². The predicted octanol–water partition coefficient (Wildman–Crippen LogP) is -1.92. The summed E-state index contributed by atoms with van der Waals surface area (Å²) in [5.74, 6) is -3.07. The Morgan fingerprint density at radius 1 is 1.00 bits per heavy atom. The number of amides is 2. The number of rotatable bonds is 9. The fourth-order valence-electron chi connectivity index (χ4n) is 2.21. The minimum absolute atomic E-state index is 0.0139. The van der Waals surface area contributed by atoms with Crippen LogP contribution in [0.3, 0.4) is 0 Å². The minimum Gasteiger partial charge on any atom is -0.508 e. The zero-order valence-electron chi connectivity index (χ0n) is 15.0. The maximum Gasteiger partial charge on any atom is 0.328 e. The molecule has 0 radical (unpaired) electrons. The van der Waals surface area contributed by atoms with Gasteiger partial charge in [-0.25, -0.2) is 4.79 Å². The van der Waals surface area contributed by atoms with E-state index < -0.39 is 48.1 Å². The second kappa shape index (κ2) is 9.86. The molecule has 0 saturated heterocycles. The number of phenols is 1. The van der Waals surface area contributed by atoms with E-state index in [1.54, 1.807) is 0 Å². The third kappa shape index (κ3) is 6.85. The Bertz CT molecular complexity index is 661. The van der Waals surface area contributed by atoms with E-state index in [9.17, 15) is 29.7 Å². The van der Waals surface area contributed by atoms with E-state index in [0.717, 1.165) is 0 Å². The molecule has 10 nitrogen and oxygen atoms in total. The zero-order chi connectivity index (χ0) is 20.7. The maximum atomic E-state index is 12.5. The first kappa shape index (κ1) is 22.4. The van der Waals surface area contributed by atoms with Crippen LogP contribution in [0.4, 0.5) is 0 Å². The number of nitrogens with one attached hydrogen (secondary N) is 2. The first-order valence-corrected chi connectivity index (χ1v) is 8.26. The Labute approximate surface area is 156 Å². The molecule has 0 aromatic heterocycles. The van der Waals surface area contributed by atoms with E-state index in [1.165, 1.54) is 38.1 Å². The molecule has 5 atom stereocenters. The lowest BCUT2D eigenvalue weighted by Crippen LogP contribution is -2.58. The molecule has 1 aromatic rings. The summed E-state index contributed by atoms with van der Waals surface area (Å²) in [4.78, 5) is 35.8. The number of hydrogen-bond donors (Lipinski definition) is 7. The van der Waals surface area contributed by atoms with E-state index in [-0.39, 0.29) is 12.2 Å². The van der Waals surface area contributed by atoms with Crippen molar-refractivity contribution in [2.75, 3.05) is 0 Å². The summed E-state index contributed by atoms with van der Waals surface area (Å²) >= 11 is 0. The van der Waals surface area contributed by atoms with Crippen molar-refractivity contribution in [2.24, 2.45) is 5.73 Å². The molecule has 8 N–H and O–H groups in total. The van der Waals surface area contributed by atoms with Crippen LogP contribution in [0, 0.1) is 0 Å². The van der Waals surface area contributed by atoms with Crippen LogP contribution < -0.4 is 16.4 Å². The fourth-order valence-corrected chi connectivity index (χ4v) is 2.21. The Morgan fingerprint density at radius 2 is 1.56 bits per heavy atom. The van der Waals surface area contributed by atoms with Crippen LogP contribution in [0.25, 0.3) is 0 Å². The lowest BCUT2D eigenvalue weighted by Gasteiger charge is -2.24. The van der Waals surface area contributed by atoms with Crippen molar-refractivity contribution in [3.63, 3.8) is 0 Å². The number of nitrogens with two attached hydrogens (primary N) is 1. The average Bonchev–Trinajstić information content (AvgIpc) is 2.59. The summed E-state index contributed by atoms with van der Waals surface area (Å²) in [5, 5.41) is 41.9. The van der Waals surface area contributed by atoms with E-state index >= 15 is 0 Å². The highest BCUT2D eigenvalue weighted by Gasteiger charge is 2.31. The van der Waals surface area contributed by atoms with Gasteiger partial charge < -0.3 is 36.8 Å². The minimum atomic E-state index is -1.57. The predicted molar refractivity (Wildman–Crippen MR) is 94.6 cm³/mol. The van der Waals surface area contributed by atoms with E-state index in [2.05, 4.69) is 10.6 Å². The molecule has 5 unspecified atom stereocenters. The highest BCUT2D eigenvalue weighted by molar-refractivity contribution is 5.92. The van der Waals surface area contributed by atoms with Crippen LogP contribution in [-0.2, 0) is 20.8 Å². The summed E-state index contributed by atoms with van der Waals surface area (Å²) in [6, 6.07) is 1.77. The number of aliphatic carboxylic acids is 1. The lowest BCUT2D eigenvalue weighted by atomic mass is 10.0. The van der Waals surface area contributed by atoms with Gasteiger partial charge in [-0.05, 0) is 31.5 Å². The quantitative estimate of drug-likeness (QED) is 0.257. The molecule has 2 amide bonds. The highest BCUT2D eigenvalue weighted by Crippen LogP contribution is 2.12. The number of carbonyl (C=O) groups excluding carboxylic acids is 2. The number of aliphatic hydroxyl groups excluding tert-OH is 2. The summed E-state index contributed by atoms with van der Waals surface area (Å²) in [5.41, 5.74) is 6.13. The molecule has 0 heterocycles. The van der Waals surface area contributed by atoms with E-state index in [1.807, 2.05) is 0 Å². The van der Waals surface area contributed by atoms with Gasteiger partial charge in [-0.15, -0.1) is 0 Å². The first-order valence-electron chi connectivity index (χ1n) is 8.26. The van der Waals surface area contributed by atoms with E-state index in [0.29, 0.717) is 5.56 Å². The van der Waals surface area contributed by atoms with Crippen LogP contribution >= 0.6 is 0 Å². The fraction of sp³-hybridized carbons (Fsp3) is 0.471. The van der Waals surface area contributed by atoms with Crippen LogP contribution in [0.15, 0.2) is 24.3 Å². The largest absolute Gasteiger partial charge is 0.508 e. The van der Waals surface area contributed by atoms with Gasteiger partial charge in [0.15, 0.2) is 6.04 Å². The molecule has 0 aliphatic heterocycles. The Kier molecular flexibility index (Phi) is 8.16. The number of aromatic hydroxyl groups is 1. The number of phenolic OH excluding ortho intramolecular Hbond substituents is 1. The molecule has 0 bridgehead atoms. The topological polar surface area (TPSA) is 182 Å². The molecule has 0 spiro atoms.